The third-order valence-corrected chi connectivity index (χ3v) is 4.69. The van der Waals surface area contributed by atoms with Gasteiger partial charge in [-0.3, -0.25) is 14.4 Å². The first-order chi connectivity index (χ1) is 12.6. The number of alkyl halides is 3. The molecule has 27 heavy (non-hydrogen) atoms. The Morgan fingerprint density at radius 1 is 1.11 bits per heavy atom. The molecular formula is C19H23F3N2O3. The smallest absolute Gasteiger partial charge is 0.349 e. The fourth-order valence-electron chi connectivity index (χ4n) is 3.07. The molecule has 1 heterocycles. The topological polar surface area (TPSA) is 57.7 Å². The molecule has 8 heteroatoms. The van der Waals surface area contributed by atoms with E-state index in [0.29, 0.717) is 19.4 Å². The number of benzene rings is 1. The molecule has 0 aliphatic carbocycles. The minimum atomic E-state index is -4.44. The van der Waals surface area contributed by atoms with Crippen molar-refractivity contribution < 1.29 is 27.6 Å². The van der Waals surface area contributed by atoms with Gasteiger partial charge in [0, 0.05) is 51.5 Å². The molecule has 1 aliphatic heterocycles. The van der Waals surface area contributed by atoms with E-state index in [-0.39, 0.29) is 42.5 Å². The van der Waals surface area contributed by atoms with Crippen LogP contribution < -0.4 is 0 Å². The summed E-state index contributed by atoms with van der Waals surface area (Å²) in [7, 11) is 3.24. The summed E-state index contributed by atoms with van der Waals surface area (Å²) in [6, 6.07) is 4.15. The molecular weight excluding hydrogens is 361 g/mol. The quantitative estimate of drug-likeness (QED) is 0.734. The average Bonchev–Trinajstić information content (AvgIpc) is 2.64. The van der Waals surface area contributed by atoms with Crippen LogP contribution in [0.2, 0.25) is 0 Å². The number of piperidine rings is 1. The zero-order valence-electron chi connectivity index (χ0n) is 15.4. The van der Waals surface area contributed by atoms with Crippen molar-refractivity contribution in [2.24, 2.45) is 5.92 Å². The Kier molecular flexibility index (Phi) is 6.62. The first-order valence-electron chi connectivity index (χ1n) is 8.79. The average molecular weight is 384 g/mol. The van der Waals surface area contributed by atoms with Crippen molar-refractivity contribution >= 4 is 17.6 Å². The van der Waals surface area contributed by atoms with Crippen LogP contribution in [0.25, 0.3) is 0 Å². The number of carbonyl (C=O) groups is 3. The van der Waals surface area contributed by atoms with E-state index in [9.17, 15) is 27.6 Å². The van der Waals surface area contributed by atoms with Gasteiger partial charge < -0.3 is 9.80 Å². The van der Waals surface area contributed by atoms with Crippen molar-refractivity contribution in [3.8, 4) is 0 Å². The lowest BCUT2D eigenvalue weighted by atomic mass is 9.89. The molecule has 2 rings (SSSR count). The number of likely N-dealkylation sites (tertiary alicyclic amines) is 1. The molecule has 0 spiro atoms. The van der Waals surface area contributed by atoms with E-state index in [2.05, 4.69) is 0 Å². The highest BCUT2D eigenvalue weighted by Crippen LogP contribution is 2.30. The van der Waals surface area contributed by atoms with Crippen molar-refractivity contribution in [3.05, 3.63) is 35.4 Å². The van der Waals surface area contributed by atoms with Crippen LogP contribution >= 0.6 is 0 Å². The second-order valence-corrected chi connectivity index (χ2v) is 6.91. The highest BCUT2D eigenvalue weighted by Gasteiger charge is 2.32. The van der Waals surface area contributed by atoms with E-state index in [1.165, 1.54) is 17.0 Å². The number of nitrogens with zero attached hydrogens (tertiary/aromatic N) is 2. The van der Waals surface area contributed by atoms with E-state index in [4.69, 9.17) is 0 Å². The highest BCUT2D eigenvalue weighted by molar-refractivity contribution is 5.98. The van der Waals surface area contributed by atoms with Crippen LogP contribution in [0.5, 0.6) is 0 Å². The standard InChI is InChI=1S/C19H23F3N2O3/c1-23(2)16(25)9-10-17(26)24-11-3-4-14(12-24)18(27)13-5-7-15(8-6-13)19(20,21)22/h5-8,14H,3-4,9-12H2,1-2H3/t14-/m1/s1. The van der Waals surface area contributed by atoms with E-state index in [1.807, 2.05) is 0 Å². The van der Waals surface area contributed by atoms with Gasteiger partial charge in [-0.15, -0.1) is 0 Å². The maximum atomic E-state index is 12.6. The first-order valence-corrected chi connectivity index (χ1v) is 8.79. The molecule has 0 aromatic heterocycles. The minimum absolute atomic E-state index is 0.0816. The van der Waals surface area contributed by atoms with Crippen LogP contribution in [0.1, 0.15) is 41.6 Å². The summed E-state index contributed by atoms with van der Waals surface area (Å²) in [4.78, 5) is 39.5. The number of rotatable bonds is 5. The van der Waals surface area contributed by atoms with Crippen LogP contribution in [0.4, 0.5) is 13.2 Å². The third kappa shape index (κ3) is 5.55. The lowest BCUT2D eigenvalue weighted by molar-refractivity contribution is -0.137. The second-order valence-electron chi connectivity index (χ2n) is 6.91. The SMILES string of the molecule is CN(C)C(=O)CCC(=O)N1CCC[C@@H](C(=O)c2ccc(C(F)(F)F)cc2)C1. The molecule has 1 aromatic rings. The summed E-state index contributed by atoms with van der Waals surface area (Å²) in [5, 5.41) is 0. The lowest BCUT2D eigenvalue weighted by Gasteiger charge is -2.32. The molecule has 0 N–H and O–H groups in total. The van der Waals surface area contributed by atoms with Gasteiger partial charge >= 0.3 is 6.18 Å². The van der Waals surface area contributed by atoms with Crippen LogP contribution in [0, 0.1) is 5.92 Å². The molecule has 1 aliphatic rings. The molecule has 1 saturated heterocycles. The van der Waals surface area contributed by atoms with E-state index >= 15 is 0 Å². The summed E-state index contributed by atoms with van der Waals surface area (Å²) in [5.74, 6) is -1.03. The van der Waals surface area contributed by atoms with Crippen molar-refractivity contribution in [2.45, 2.75) is 31.9 Å². The summed E-state index contributed by atoms with van der Waals surface area (Å²) in [5.41, 5.74) is -0.588. The molecule has 2 amide bonds. The summed E-state index contributed by atoms with van der Waals surface area (Å²) >= 11 is 0. The largest absolute Gasteiger partial charge is 0.416 e. The Hall–Kier alpha value is -2.38. The molecule has 1 fully saturated rings. The number of carbonyl (C=O) groups excluding carboxylic acids is 3. The molecule has 0 radical (unpaired) electrons. The van der Waals surface area contributed by atoms with Crippen LogP contribution in [-0.4, -0.2) is 54.6 Å². The van der Waals surface area contributed by atoms with Gasteiger partial charge in [0.15, 0.2) is 5.78 Å². The fraction of sp³-hybridized carbons (Fsp3) is 0.526. The molecule has 148 valence electrons. The second kappa shape index (κ2) is 8.54. The van der Waals surface area contributed by atoms with E-state index in [0.717, 1.165) is 12.1 Å². The fourth-order valence-corrected chi connectivity index (χ4v) is 3.07. The Morgan fingerprint density at radius 3 is 2.30 bits per heavy atom. The van der Waals surface area contributed by atoms with Crippen molar-refractivity contribution in [3.63, 3.8) is 0 Å². The highest BCUT2D eigenvalue weighted by atomic mass is 19.4. The monoisotopic (exact) mass is 384 g/mol. The number of amides is 2. The van der Waals surface area contributed by atoms with Crippen LogP contribution in [0.15, 0.2) is 24.3 Å². The Morgan fingerprint density at radius 2 is 1.74 bits per heavy atom. The summed E-state index contributed by atoms with van der Waals surface area (Å²) in [6.45, 7) is 0.751. The van der Waals surface area contributed by atoms with Crippen molar-refractivity contribution in [2.75, 3.05) is 27.2 Å². The Bertz CT molecular complexity index is 699. The van der Waals surface area contributed by atoms with Gasteiger partial charge in [0.2, 0.25) is 11.8 Å². The van der Waals surface area contributed by atoms with Gasteiger partial charge in [0.25, 0.3) is 0 Å². The molecule has 1 aromatic carbocycles. The van der Waals surface area contributed by atoms with Gasteiger partial charge in [-0.2, -0.15) is 13.2 Å². The van der Waals surface area contributed by atoms with Gasteiger partial charge in [-0.25, -0.2) is 0 Å². The van der Waals surface area contributed by atoms with Crippen LogP contribution in [-0.2, 0) is 15.8 Å². The number of ketones is 1. The predicted octanol–water partition coefficient (Wildman–Crippen LogP) is 3.00. The van der Waals surface area contributed by atoms with Crippen LogP contribution in [0.3, 0.4) is 0 Å². The first kappa shape index (κ1) is 20.9. The molecule has 0 bridgehead atoms. The lowest BCUT2D eigenvalue weighted by Crippen LogP contribution is -2.42. The third-order valence-electron chi connectivity index (χ3n) is 4.69. The molecule has 5 nitrogen and oxygen atoms in total. The Labute approximate surface area is 156 Å². The van der Waals surface area contributed by atoms with E-state index < -0.39 is 17.7 Å². The predicted molar refractivity (Wildman–Crippen MR) is 93.0 cm³/mol. The number of halogens is 3. The van der Waals surface area contributed by atoms with Crippen molar-refractivity contribution in [1.82, 2.24) is 9.80 Å². The summed E-state index contributed by atoms with van der Waals surface area (Å²) < 4.78 is 37.9. The van der Waals surface area contributed by atoms with E-state index in [1.54, 1.807) is 19.0 Å². The number of hydrogen-bond acceptors (Lipinski definition) is 3. The molecule has 1 atom stereocenters. The van der Waals surface area contributed by atoms with Gasteiger partial charge in [-0.1, -0.05) is 12.1 Å². The number of hydrogen-bond donors (Lipinski definition) is 0. The zero-order chi connectivity index (χ0) is 20.2. The van der Waals surface area contributed by atoms with Gasteiger partial charge in [0.05, 0.1) is 5.56 Å². The zero-order valence-corrected chi connectivity index (χ0v) is 15.4. The maximum Gasteiger partial charge on any atom is 0.416 e. The summed E-state index contributed by atoms with van der Waals surface area (Å²) in [6.07, 6.45) is -3.03. The normalized spacial score (nSPS) is 17.5. The van der Waals surface area contributed by atoms with Crippen molar-refractivity contribution in [1.29, 1.82) is 0 Å². The molecule has 0 saturated carbocycles. The minimum Gasteiger partial charge on any atom is -0.349 e. The van der Waals surface area contributed by atoms with Gasteiger partial charge in [0.1, 0.15) is 0 Å². The van der Waals surface area contributed by atoms with Gasteiger partial charge in [-0.05, 0) is 25.0 Å². The Balaban J connectivity index is 1.97. The molecule has 0 unspecified atom stereocenters. The number of Topliss-reactive ketones (excluding diaryl/α,β-unsaturated/α-hetero) is 1. The maximum absolute atomic E-state index is 12.6.